The maximum absolute atomic E-state index is 11.5. The van der Waals surface area contributed by atoms with E-state index in [1.165, 1.54) is 0 Å². The van der Waals surface area contributed by atoms with E-state index in [4.69, 9.17) is 26.2 Å². The quantitative estimate of drug-likeness (QED) is 0.674. The number of halogens is 1. The number of hydrogen-bond acceptors (Lipinski definition) is 5. The van der Waals surface area contributed by atoms with E-state index >= 15 is 0 Å². The van der Waals surface area contributed by atoms with Crippen molar-refractivity contribution in [2.75, 3.05) is 25.4 Å². The van der Waals surface area contributed by atoms with E-state index in [-0.39, 0.29) is 24.4 Å². The number of carbonyl (C=O) groups is 1. The van der Waals surface area contributed by atoms with Gasteiger partial charge in [0.1, 0.15) is 11.9 Å². The number of benzene rings is 1. The van der Waals surface area contributed by atoms with Crippen LogP contribution >= 0.6 is 11.6 Å². The molecule has 1 unspecified atom stereocenters. The summed E-state index contributed by atoms with van der Waals surface area (Å²) < 4.78 is 31.6. The molecule has 1 fully saturated rings. The Morgan fingerprint density at radius 1 is 1.42 bits per heavy atom. The van der Waals surface area contributed by atoms with Crippen LogP contribution in [0.2, 0.25) is 5.02 Å². The summed E-state index contributed by atoms with van der Waals surface area (Å²) in [7, 11) is -3.12. The number of piperidine rings is 1. The van der Waals surface area contributed by atoms with Gasteiger partial charge in [-0.15, -0.1) is 0 Å². The SMILES string of the molecule is CCS(=O)(=O)NCC(C)N1CCC(Oc2cccc(Cl)c2)CC1.O=CO. The van der Waals surface area contributed by atoms with Gasteiger partial charge in [0.15, 0.2) is 0 Å². The average molecular weight is 407 g/mol. The van der Waals surface area contributed by atoms with Gasteiger partial charge in [-0.3, -0.25) is 9.69 Å². The third-order valence-electron chi connectivity index (χ3n) is 4.18. The molecule has 1 aromatic rings. The second-order valence-corrected chi connectivity index (χ2v) is 8.55. The molecule has 0 aromatic heterocycles. The van der Waals surface area contributed by atoms with Crippen LogP contribution in [0, 0.1) is 0 Å². The maximum atomic E-state index is 11.5. The van der Waals surface area contributed by atoms with Crippen LogP contribution in [-0.2, 0) is 14.8 Å². The van der Waals surface area contributed by atoms with Gasteiger partial charge in [0.2, 0.25) is 10.0 Å². The van der Waals surface area contributed by atoms with Crippen molar-refractivity contribution in [3.63, 3.8) is 0 Å². The zero-order chi connectivity index (χ0) is 19.6. The van der Waals surface area contributed by atoms with Crippen molar-refractivity contribution in [2.45, 2.75) is 38.8 Å². The monoisotopic (exact) mass is 406 g/mol. The van der Waals surface area contributed by atoms with Crippen molar-refractivity contribution in [3.05, 3.63) is 29.3 Å². The Kier molecular flexibility index (Phi) is 9.93. The number of rotatable bonds is 7. The van der Waals surface area contributed by atoms with Gasteiger partial charge < -0.3 is 9.84 Å². The van der Waals surface area contributed by atoms with Crippen LogP contribution in [0.1, 0.15) is 26.7 Å². The third-order valence-corrected chi connectivity index (χ3v) is 5.78. The van der Waals surface area contributed by atoms with Crippen molar-refractivity contribution in [1.82, 2.24) is 9.62 Å². The van der Waals surface area contributed by atoms with E-state index in [0.717, 1.165) is 31.7 Å². The molecule has 2 N–H and O–H groups in total. The Labute approximate surface area is 160 Å². The topological polar surface area (TPSA) is 95.9 Å². The largest absolute Gasteiger partial charge is 0.490 e. The zero-order valence-corrected chi connectivity index (χ0v) is 16.7. The van der Waals surface area contributed by atoms with E-state index in [0.29, 0.717) is 11.6 Å². The molecule has 0 radical (unpaired) electrons. The van der Waals surface area contributed by atoms with Crippen molar-refractivity contribution in [1.29, 1.82) is 0 Å². The lowest BCUT2D eigenvalue weighted by atomic mass is 10.1. The molecule has 9 heteroatoms. The maximum Gasteiger partial charge on any atom is 0.290 e. The van der Waals surface area contributed by atoms with Crippen LogP contribution < -0.4 is 9.46 Å². The average Bonchev–Trinajstić information content (AvgIpc) is 2.61. The molecule has 1 aromatic carbocycles. The van der Waals surface area contributed by atoms with Gasteiger partial charge in [0.05, 0.1) is 5.75 Å². The molecule has 0 aliphatic carbocycles. The third kappa shape index (κ3) is 8.35. The molecule has 26 heavy (non-hydrogen) atoms. The molecule has 0 spiro atoms. The standard InChI is InChI=1S/C16H25ClN2O3S.CH2O2/c1-3-23(20,21)18-12-13(2)19-9-7-15(8-10-19)22-16-6-4-5-14(17)11-16;2-1-3/h4-6,11,13,15,18H,3,7-10,12H2,1-2H3;1H,(H,2,3). The molecule has 1 aliphatic heterocycles. The molecule has 7 nitrogen and oxygen atoms in total. The van der Waals surface area contributed by atoms with Gasteiger partial charge in [0.25, 0.3) is 6.47 Å². The van der Waals surface area contributed by atoms with Crippen molar-refractivity contribution in [3.8, 4) is 5.75 Å². The van der Waals surface area contributed by atoms with E-state index in [2.05, 4.69) is 16.5 Å². The molecule has 148 valence electrons. The van der Waals surface area contributed by atoms with Crippen LogP contribution in [0.5, 0.6) is 5.75 Å². The highest BCUT2D eigenvalue weighted by Gasteiger charge is 2.24. The molecular weight excluding hydrogens is 380 g/mol. The summed E-state index contributed by atoms with van der Waals surface area (Å²) in [6, 6.07) is 7.64. The predicted octanol–water partition coefficient (Wildman–Crippen LogP) is 2.21. The van der Waals surface area contributed by atoms with Crippen LogP contribution in [0.4, 0.5) is 0 Å². The zero-order valence-electron chi connectivity index (χ0n) is 15.1. The molecule has 1 saturated heterocycles. The highest BCUT2D eigenvalue weighted by Crippen LogP contribution is 2.22. The van der Waals surface area contributed by atoms with Crippen molar-refractivity contribution < 1.29 is 23.1 Å². The number of nitrogens with zero attached hydrogens (tertiary/aromatic N) is 1. The minimum atomic E-state index is -3.12. The number of hydrogen-bond donors (Lipinski definition) is 2. The normalized spacial score (nSPS) is 17.0. The summed E-state index contributed by atoms with van der Waals surface area (Å²) in [5.41, 5.74) is 0. The Hall–Kier alpha value is -1.35. The Morgan fingerprint density at radius 2 is 2.04 bits per heavy atom. The van der Waals surface area contributed by atoms with Crippen molar-refractivity contribution >= 4 is 28.1 Å². The van der Waals surface area contributed by atoms with E-state index < -0.39 is 10.0 Å². The van der Waals surface area contributed by atoms with Gasteiger partial charge in [-0.25, -0.2) is 13.1 Å². The number of carboxylic acid groups (broad SMARTS) is 1. The molecule has 0 amide bonds. The molecule has 0 saturated carbocycles. The lowest BCUT2D eigenvalue weighted by Gasteiger charge is -2.36. The number of ether oxygens (including phenoxy) is 1. The van der Waals surface area contributed by atoms with Crippen LogP contribution in [0.25, 0.3) is 0 Å². The summed E-state index contributed by atoms with van der Waals surface area (Å²) in [5.74, 6) is 0.926. The second-order valence-electron chi connectivity index (χ2n) is 6.02. The van der Waals surface area contributed by atoms with Gasteiger partial charge in [-0.2, -0.15) is 0 Å². The fourth-order valence-electron chi connectivity index (χ4n) is 2.65. The minimum absolute atomic E-state index is 0.120. The molecule has 2 rings (SSSR count). The van der Waals surface area contributed by atoms with E-state index in [1.54, 1.807) is 6.92 Å². The Balaban J connectivity index is 0.00000105. The molecule has 1 aliphatic rings. The minimum Gasteiger partial charge on any atom is -0.490 e. The molecule has 1 atom stereocenters. The lowest BCUT2D eigenvalue weighted by Crippen LogP contribution is -2.47. The summed E-state index contributed by atoms with van der Waals surface area (Å²) in [6.45, 7) is 5.71. The number of nitrogens with one attached hydrogen (secondary N) is 1. The molecule has 0 bridgehead atoms. The smallest absolute Gasteiger partial charge is 0.290 e. The fourth-order valence-corrected chi connectivity index (χ4v) is 3.53. The highest BCUT2D eigenvalue weighted by atomic mass is 35.5. The van der Waals surface area contributed by atoms with E-state index in [1.807, 2.05) is 24.3 Å². The van der Waals surface area contributed by atoms with Gasteiger partial charge in [0, 0.05) is 30.7 Å². The Bertz CT molecular complexity index is 648. The highest BCUT2D eigenvalue weighted by molar-refractivity contribution is 7.89. The van der Waals surface area contributed by atoms with Gasteiger partial charge in [-0.05, 0) is 44.9 Å². The van der Waals surface area contributed by atoms with Gasteiger partial charge in [-0.1, -0.05) is 17.7 Å². The first-order valence-electron chi connectivity index (χ1n) is 8.52. The number of likely N-dealkylation sites (tertiary alicyclic amines) is 1. The summed E-state index contributed by atoms with van der Waals surface area (Å²) in [4.78, 5) is 10.7. The lowest BCUT2D eigenvalue weighted by molar-refractivity contribution is -0.122. The molecule has 1 heterocycles. The Morgan fingerprint density at radius 3 is 2.58 bits per heavy atom. The summed E-state index contributed by atoms with van der Waals surface area (Å²) >= 11 is 5.97. The van der Waals surface area contributed by atoms with Gasteiger partial charge >= 0.3 is 0 Å². The first kappa shape index (κ1) is 22.7. The van der Waals surface area contributed by atoms with Crippen LogP contribution in [-0.4, -0.2) is 62.4 Å². The predicted molar refractivity (Wildman–Crippen MR) is 102 cm³/mol. The first-order valence-corrected chi connectivity index (χ1v) is 10.6. The number of sulfonamides is 1. The fraction of sp³-hybridized carbons (Fsp3) is 0.588. The summed E-state index contributed by atoms with van der Waals surface area (Å²) in [6.07, 6.45) is 2.04. The van der Waals surface area contributed by atoms with Crippen LogP contribution in [0.3, 0.4) is 0 Å². The second kappa shape index (κ2) is 11.4. The van der Waals surface area contributed by atoms with Crippen molar-refractivity contribution in [2.24, 2.45) is 0 Å². The molecular formula is C17H27ClN2O5S. The first-order chi connectivity index (χ1) is 12.3. The summed E-state index contributed by atoms with van der Waals surface area (Å²) in [5, 5.41) is 7.57. The van der Waals surface area contributed by atoms with E-state index in [9.17, 15) is 8.42 Å². The van der Waals surface area contributed by atoms with Crippen LogP contribution in [0.15, 0.2) is 24.3 Å².